The predicted molar refractivity (Wildman–Crippen MR) is 131 cm³/mol. The van der Waals surface area contributed by atoms with Gasteiger partial charge in [0.25, 0.3) is 10.0 Å². The van der Waals surface area contributed by atoms with Crippen molar-refractivity contribution in [2.75, 3.05) is 16.6 Å². The second-order valence-corrected chi connectivity index (χ2v) is 9.76. The normalized spacial score (nSPS) is 13.5. The zero-order valence-corrected chi connectivity index (χ0v) is 20.1. The van der Waals surface area contributed by atoms with Crippen molar-refractivity contribution in [1.82, 2.24) is 5.16 Å². The van der Waals surface area contributed by atoms with Gasteiger partial charge >= 0.3 is 5.97 Å². The molecule has 1 saturated carbocycles. The molecule has 0 saturated heterocycles. The molecule has 10 heteroatoms. The molecule has 0 aliphatic heterocycles. The number of amides is 1. The van der Waals surface area contributed by atoms with Gasteiger partial charge in [-0.15, -0.1) is 0 Å². The molecule has 1 aliphatic carbocycles. The van der Waals surface area contributed by atoms with Crippen molar-refractivity contribution in [3.8, 4) is 0 Å². The van der Waals surface area contributed by atoms with E-state index in [0.717, 1.165) is 18.4 Å². The number of ether oxygens (including phenoxy) is 1. The first-order valence-corrected chi connectivity index (χ1v) is 12.6. The molecule has 0 bridgehead atoms. The highest BCUT2D eigenvalue weighted by Crippen LogP contribution is 2.32. The van der Waals surface area contributed by atoms with Crippen molar-refractivity contribution >= 4 is 45.4 Å². The molecule has 3 aromatic rings. The lowest BCUT2D eigenvalue weighted by Gasteiger charge is -2.09. The summed E-state index contributed by atoms with van der Waals surface area (Å²) in [6.45, 7) is 3.67. The molecule has 9 nitrogen and oxygen atoms in total. The van der Waals surface area contributed by atoms with Crippen molar-refractivity contribution in [2.24, 2.45) is 5.92 Å². The van der Waals surface area contributed by atoms with Crippen molar-refractivity contribution < 1.29 is 27.3 Å². The molecule has 1 aromatic heterocycles. The van der Waals surface area contributed by atoms with E-state index in [9.17, 15) is 18.0 Å². The van der Waals surface area contributed by atoms with Gasteiger partial charge in [-0.25, -0.2) is 13.2 Å². The van der Waals surface area contributed by atoms with E-state index in [2.05, 4.69) is 15.2 Å². The number of benzene rings is 2. The molecule has 1 fully saturated rings. The Hall–Kier alpha value is -3.92. The SMILES string of the molecule is CCOC(=O)c1cccc(NS(=O)(=O)c2ccc(C=Cc3onc(C)c3NC(=O)C3CC3)cc2)c1. The standard InChI is InChI=1S/C25H25N3O6S/c1-3-33-25(30)19-5-4-6-20(15-19)28-35(31,32)21-12-7-17(8-13-21)9-14-22-23(16(2)27-34-22)26-24(29)18-10-11-18/h4-9,12-15,18,28H,3,10-11H2,1-2H3,(H,26,29). The summed E-state index contributed by atoms with van der Waals surface area (Å²) in [6.07, 6.45) is 5.19. The summed E-state index contributed by atoms with van der Waals surface area (Å²) >= 11 is 0. The van der Waals surface area contributed by atoms with E-state index in [0.29, 0.717) is 17.1 Å². The molecule has 1 aliphatic rings. The number of sulfonamides is 1. The molecule has 1 amide bonds. The first-order chi connectivity index (χ1) is 16.8. The fourth-order valence-electron chi connectivity index (χ4n) is 3.29. The number of carbonyl (C=O) groups excluding carboxylic acids is 2. The highest BCUT2D eigenvalue weighted by atomic mass is 32.2. The number of aryl methyl sites for hydroxylation is 1. The van der Waals surface area contributed by atoms with E-state index in [1.165, 1.54) is 18.2 Å². The predicted octanol–water partition coefficient (Wildman–Crippen LogP) is 4.48. The summed E-state index contributed by atoms with van der Waals surface area (Å²) in [6, 6.07) is 12.3. The summed E-state index contributed by atoms with van der Waals surface area (Å²) < 4.78 is 38.3. The van der Waals surface area contributed by atoms with Crippen LogP contribution in [0.4, 0.5) is 11.4 Å². The van der Waals surface area contributed by atoms with Crippen LogP contribution in [-0.2, 0) is 19.6 Å². The summed E-state index contributed by atoms with van der Waals surface area (Å²) in [5.74, 6) is -0.101. The molecular formula is C25H25N3O6S. The topological polar surface area (TPSA) is 128 Å². The van der Waals surface area contributed by atoms with Gasteiger partial charge < -0.3 is 14.6 Å². The van der Waals surface area contributed by atoms with Gasteiger partial charge in [-0.3, -0.25) is 9.52 Å². The number of esters is 1. The second-order valence-electron chi connectivity index (χ2n) is 8.08. The number of anilines is 2. The summed E-state index contributed by atoms with van der Waals surface area (Å²) in [4.78, 5) is 24.1. The number of hydrogen-bond acceptors (Lipinski definition) is 7. The third kappa shape index (κ3) is 5.96. The van der Waals surface area contributed by atoms with Gasteiger partial charge in [0, 0.05) is 11.6 Å². The van der Waals surface area contributed by atoms with Crippen LogP contribution in [0, 0.1) is 12.8 Å². The average Bonchev–Trinajstić information content (AvgIpc) is 3.63. The molecule has 2 N–H and O–H groups in total. The molecule has 182 valence electrons. The third-order valence-electron chi connectivity index (χ3n) is 5.33. The van der Waals surface area contributed by atoms with Crippen LogP contribution in [0.1, 0.15) is 47.1 Å². The van der Waals surface area contributed by atoms with Crippen molar-refractivity contribution in [2.45, 2.75) is 31.6 Å². The number of nitrogens with one attached hydrogen (secondary N) is 2. The van der Waals surface area contributed by atoms with Crippen LogP contribution >= 0.6 is 0 Å². The van der Waals surface area contributed by atoms with Crippen molar-refractivity contribution in [3.05, 3.63) is 71.1 Å². The zero-order valence-electron chi connectivity index (χ0n) is 19.3. The van der Waals surface area contributed by atoms with Crippen LogP contribution in [-0.4, -0.2) is 32.1 Å². The van der Waals surface area contributed by atoms with E-state index in [1.807, 2.05) is 0 Å². The minimum atomic E-state index is -3.87. The smallest absolute Gasteiger partial charge is 0.338 e. The minimum Gasteiger partial charge on any atom is -0.462 e. The first-order valence-electron chi connectivity index (χ1n) is 11.1. The Morgan fingerprint density at radius 3 is 2.57 bits per heavy atom. The molecule has 35 heavy (non-hydrogen) atoms. The fourth-order valence-corrected chi connectivity index (χ4v) is 4.34. The number of carbonyl (C=O) groups is 2. The van der Waals surface area contributed by atoms with Gasteiger partial charge in [-0.1, -0.05) is 29.4 Å². The Balaban J connectivity index is 1.45. The van der Waals surface area contributed by atoms with Crippen LogP contribution < -0.4 is 10.0 Å². The van der Waals surface area contributed by atoms with E-state index >= 15 is 0 Å². The fraction of sp³-hybridized carbons (Fsp3) is 0.240. The largest absolute Gasteiger partial charge is 0.462 e. The highest BCUT2D eigenvalue weighted by molar-refractivity contribution is 7.92. The number of rotatable bonds is 9. The first kappa shape index (κ1) is 24.2. The lowest BCUT2D eigenvalue weighted by molar-refractivity contribution is -0.117. The van der Waals surface area contributed by atoms with Crippen LogP contribution in [0.15, 0.2) is 57.9 Å². The summed E-state index contributed by atoms with van der Waals surface area (Å²) in [7, 11) is -3.87. The lowest BCUT2D eigenvalue weighted by atomic mass is 10.2. The van der Waals surface area contributed by atoms with Crippen molar-refractivity contribution in [3.63, 3.8) is 0 Å². The van der Waals surface area contributed by atoms with Crippen LogP contribution in [0.5, 0.6) is 0 Å². The average molecular weight is 496 g/mol. The Kier molecular flexibility index (Phi) is 7.02. The summed E-state index contributed by atoms with van der Waals surface area (Å²) in [5.41, 5.74) is 2.34. The van der Waals surface area contributed by atoms with Gasteiger partial charge in [-0.2, -0.15) is 0 Å². The van der Waals surface area contributed by atoms with E-state index in [4.69, 9.17) is 9.26 Å². The quantitative estimate of drug-likeness (QED) is 0.419. The third-order valence-corrected chi connectivity index (χ3v) is 6.73. The molecule has 0 spiro atoms. The van der Waals surface area contributed by atoms with Gasteiger partial charge in [0.1, 0.15) is 11.4 Å². The molecule has 4 rings (SSSR count). The Morgan fingerprint density at radius 1 is 1.14 bits per heavy atom. The highest BCUT2D eigenvalue weighted by Gasteiger charge is 2.30. The van der Waals surface area contributed by atoms with Gasteiger partial charge in [0.05, 0.1) is 17.1 Å². The maximum absolute atomic E-state index is 12.8. The molecular weight excluding hydrogens is 470 g/mol. The monoisotopic (exact) mass is 495 g/mol. The zero-order chi connectivity index (χ0) is 25.0. The second kappa shape index (κ2) is 10.1. The van der Waals surface area contributed by atoms with Crippen LogP contribution in [0.25, 0.3) is 12.2 Å². The maximum atomic E-state index is 12.8. The van der Waals surface area contributed by atoms with E-state index in [1.54, 1.807) is 56.3 Å². The van der Waals surface area contributed by atoms with Crippen LogP contribution in [0.3, 0.4) is 0 Å². The Labute approximate surface area is 203 Å². The maximum Gasteiger partial charge on any atom is 0.338 e. The molecule has 0 unspecified atom stereocenters. The summed E-state index contributed by atoms with van der Waals surface area (Å²) in [5, 5.41) is 6.78. The lowest BCUT2D eigenvalue weighted by Crippen LogP contribution is -2.14. The number of nitrogens with zero attached hydrogens (tertiary/aromatic N) is 1. The molecule has 0 radical (unpaired) electrons. The Bertz CT molecular complexity index is 1370. The minimum absolute atomic E-state index is 0.0409. The molecule has 1 heterocycles. The Morgan fingerprint density at radius 2 is 1.89 bits per heavy atom. The number of hydrogen-bond donors (Lipinski definition) is 2. The van der Waals surface area contributed by atoms with E-state index < -0.39 is 16.0 Å². The molecule has 2 aromatic carbocycles. The van der Waals surface area contributed by atoms with Gasteiger partial charge in [0.15, 0.2) is 5.76 Å². The van der Waals surface area contributed by atoms with Crippen LogP contribution in [0.2, 0.25) is 0 Å². The van der Waals surface area contributed by atoms with Gasteiger partial charge in [0.2, 0.25) is 5.91 Å². The molecule has 0 atom stereocenters. The van der Waals surface area contributed by atoms with Crippen molar-refractivity contribution in [1.29, 1.82) is 0 Å². The van der Waals surface area contributed by atoms with E-state index in [-0.39, 0.29) is 34.6 Å². The number of aromatic nitrogens is 1. The van der Waals surface area contributed by atoms with Gasteiger partial charge in [-0.05, 0) is 68.7 Å².